The molecule has 1 saturated carbocycles. The average Bonchev–Trinajstić information content (AvgIpc) is 3.52. The topological polar surface area (TPSA) is 0 Å². The number of rotatable bonds is 18. The Balaban J connectivity index is 3.97. The van der Waals surface area contributed by atoms with Gasteiger partial charge in [0.15, 0.2) is 0 Å². The molecule has 1 aliphatic carbocycles. The minimum Gasteiger partial charge on any atom is -0.0998 e. The predicted molar refractivity (Wildman–Crippen MR) is 170 cm³/mol. The molecule has 0 spiro atoms. The van der Waals surface area contributed by atoms with Crippen molar-refractivity contribution in [1.82, 2.24) is 0 Å². The molecule has 0 radical (unpaired) electrons. The van der Waals surface area contributed by atoms with E-state index >= 15 is 0 Å². The number of hydrogen-bond acceptors (Lipinski definition) is 0. The molecular formula is C37H72. The molecule has 9 unspecified atom stereocenters. The molecule has 0 N–H and O–H groups in total. The van der Waals surface area contributed by atoms with E-state index < -0.39 is 0 Å². The molecule has 1 fully saturated rings. The molecule has 37 heavy (non-hydrogen) atoms. The minimum absolute atomic E-state index is 0.203. The van der Waals surface area contributed by atoms with Crippen LogP contribution in [-0.4, -0.2) is 0 Å². The third kappa shape index (κ3) is 6.40. The Bertz CT molecular complexity index is 699. The van der Waals surface area contributed by atoms with E-state index in [9.17, 15) is 0 Å². The van der Waals surface area contributed by atoms with Crippen LogP contribution in [0, 0.1) is 63.1 Å². The van der Waals surface area contributed by atoms with E-state index in [0.29, 0.717) is 34.0 Å². The van der Waals surface area contributed by atoms with Crippen molar-refractivity contribution < 1.29 is 0 Å². The number of allylic oxidation sites excluding steroid dienone is 1. The van der Waals surface area contributed by atoms with Gasteiger partial charge >= 0.3 is 0 Å². The first-order valence-electron chi connectivity index (χ1n) is 16.7. The van der Waals surface area contributed by atoms with E-state index in [1.165, 1.54) is 63.4 Å². The van der Waals surface area contributed by atoms with Gasteiger partial charge in [0.2, 0.25) is 0 Å². The molecule has 0 aromatic carbocycles. The van der Waals surface area contributed by atoms with Crippen LogP contribution >= 0.6 is 0 Å². The van der Waals surface area contributed by atoms with Crippen LogP contribution in [0.5, 0.6) is 0 Å². The summed E-state index contributed by atoms with van der Waals surface area (Å²) in [6.07, 6.45) is 11.9. The number of hydrogen-bond donors (Lipinski definition) is 0. The maximum Gasteiger partial charge on any atom is -0.0116 e. The van der Waals surface area contributed by atoms with E-state index in [1.807, 2.05) is 0 Å². The highest BCUT2D eigenvalue weighted by Crippen LogP contribution is 2.75. The van der Waals surface area contributed by atoms with Crippen LogP contribution in [0.3, 0.4) is 0 Å². The van der Waals surface area contributed by atoms with Crippen LogP contribution < -0.4 is 0 Å². The standard InChI is InChI=1S/C37H72/c1-17-22-28(10)37(25-29(37)11)36(16,21-5)33(35(15,20-4)24-19-3)32(27(8)9)34(13,14)30(12)31(23-18-2)26(6)7/h26,28-33H,8,17-25H2,1-7,9-16H3. The van der Waals surface area contributed by atoms with E-state index in [1.54, 1.807) is 0 Å². The quantitative estimate of drug-likeness (QED) is 0.159. The molecule has 1 aliphatic rings. The molecule has 0 bridgehead atoms. The van der Waals surface area contributed by atoms with Gasteiger partial charge in [-0.15, -0.1) is 0 Å². The van der Waals surface area contributed by atoms with Gasteiger partial charge in [0.1, 0.15) is 0 Å². The van der Waals surface area contributed by atoms with Gasteiger partial charge in [-0.3, -0.25) is 0 Å². The van der Waals surface area contributed by atoms with Crippen molar-refractivity contribution in [2.24, 2.45) is 63.1 Å². The first-order valence-corrected chi connectivity index (χ1v) is 16.7. The van der Waals surface area contributed by atoms with Gasteiger partial charge in [0.05, 0.1) is 0 Å². The lowest BCUT2D eigenvalue weighted by Gasteiger charge is -2.61. The van der Waals surface area contributed by atoms with Gasteiger partial charge < -0.3 is 0 Å². The van der Waals surface area contributed by atoms with E-state index in [-0.39, 0.29) is 5.41 Å². The Hall–Kier alpha value is -0.260. The van der Waals surface area contributed by atoms with Gasteiger partial charge in [0, 0.05) is 0 Å². The smallest absolute Gasteiger partial charge is 0.0116 e. The second kappa shape index (κ2) is 13.4. The molecule has 0 aliphatic heterocycles. The predicted octanol–water partition coefficient (Wildman–Crippen LogP) is 12.6. The lowest BCUT2D eigenvalue weighted by atomic mass is 9.43. The average molecular weight is 517 g/mol. The van der Waals surface area contributed by atoms with Crippen molar-refractivity contribution in [3.63, 3.8) is 0 Å². The molecule has 9 atom stereocenters. The Kier molecular flexibility index (Phi) is 12.6. The highest BCUT2D eigenvalue weighted by molar-refractivity contribution is 5.20. The summed E-state index contributed by atoms with van der Waals surface area (Å²) < 4.78 is 0. The molecule has 0 nitrogen and oxygen atoms in total. The Labute approximate surface area is 236 Å². The van der Waals surface area contributed by atoms with Crippen LogP contribution in [0.2, 0.25) is 0 Å². The summed E-state index contributed by atoms with van der Waals surface area (Å²) in [4.78, 5) is 0. The lowest BCUT2D eigenvalue weighted by Crippen LogP contribution is -2.55. The summed E-state index contributed by atoms with van der Waals surface area (Å²) in [6, 6.07) is 0. The van der Waals surface area contributed by atoms with Gasteiger partial charge in [-0.25, -0.2) is 0 Å². The van der Waals surface area contributed by atoms with E-state index in [2.05, 4.69) is 104 Å². The summed E-state index contributed by atoms with van der Waals surface area (Å²) in [7, 11) is 0. The van der Waals surface area contributed by atoms with Gasteiger partial charge in [-0.05, 0) is 89.3 Å². The Morgan fingerprint density at radius 2 is 1.38 bits per heavy atom. The van der Waals surface area contributed by atoms with Crippen molar-refractivity contribution in [1.29, 1.82) is 0 Å². The van der Waals surface area contributed by atoms with Crippen molar-refractivity contribution in [2.45, 2.75) is 162 Å². The fourth-order valence-electron chi connectivity index (χ4n) is 10.4. The molecule has 0 heterocycles. The highest BCUT2D eigenvalue weighted by Gasteiger charge is 2.69. The molecule has 0 saturated heterocycles. The Morgan fingerprint density at radius 3 is 1.70 bits per heavy atom. The van der Waals surface area contributed by atoms with Gasteiger partial charge in [-0.2, -0.15) is 0 Å². The van der Waals surface area contributed by atoms with Crippen LogP contribution in [-0.2, 0) is 0 Å². The maximum atomic E-state index is 4.83. The van der Waals surface area contributed by atoms with Crippen LogP contribution in [0.15, 0.2) is 12.2 Å². The van der Waals surface area contributed by atoms with Crippen molar-refractivity contribution in [3.8, 4) is 0 Å². The first kappa shape index (κ1) is 34.8. The third-order valence-corrected chi connectivity index (χ3v) is 12.8. The zero-order chi connectivity index (χ0) is 29.0. The summed E-state index contributed by atoms with van der Waals surface area (Å²) in [5, 5.41) is 0. The molecule has 1 rings (SSSR count). The SMILES string of the molecule is C=C(C)C(C(C(C)(CC)CCC)C(C)(CC)C1(C(C)CCC)CC1C)C(C)(C)C(C)C(CCC)C(C)C. The van der Waals surface area contributed by atoms with Crippen molar-refractivity contribution in [3.05, 3.63) is 12.2 Å². The largest absolute Gasteiger partial charge is 0.0998 e. The van der Waals surface area contributed by atoms with E-state index in [0.717, 1.165) is 23.7 Å². The molecule has 0 aromatic heterocycles. The monoisotopic (exact) mass is 517 g/mol. The zero-order valence-electron chi connectivity index (χ0n) is 28.6. The lowest BCUT2D eigenvalue weighted by molar-refractivity contribution is -0.115. The second-order valence-corrected chi connectivity index (χ2v) is 15.5. The van der Waals surface area contributed by atoms with Crippen LogP contribution in [0.4, 0.5) is 0 Å². The maximum absolute atomic E-state index is 4.83. The zero-order valence-corrected chi connectivity index (χ0v) is 28.6. The highest BCUT2D eigenvalue weighted by atomic mass is 14.7. The van der Waals surface area contributed by atoms with E-state index in [4.69, 9.17) is 6.58 Å². The fraction of sp³-hybridized carbons (Fsp3) is 0.946. The normalized spacial score (nSPS) is 27.6. The molecule has 0 amide bonds. The summed E-state index contributed by atoms with van der Waals surface area (Å²) in [6.45, 7) is 42.9. The van der Waals surface area contributed by atoms with Gasteiger partial charge in [-0.1, -0.05) is 148 Å². The summed E-state index contributed by atoms with van der Waals surface area (Å²) in [5.41, 5.74) is 2.73. The Morgan fingerprint density at radius 1 is 0.865 bits per heavy atom. The summed E-state index contributed by atoms with van der Waals surface area (Å²) in [5.74, 6) is 4.95. The van der Waals surface area contributed by atoms with Crippen molar-refractivity contribution >= 4 is 0 Å². The minimum atomic E-state index is 0.203. The van der Waals surface area contributed by atoms with Crippen LogP contribution in [0.1, 0.15) is 162 Å². The second-order valence-electron chi connectivity index (χ2n) is 15.5. The van der Waals surface area contributed by atoms with Crippen molar-refractivity contribution in [2.75, 3.05) is 0 Å². The summed E-state index contributed by atoms with van der Waals surface area (Å²) >= 11 is 0. The molecule has 220 valence electrons. The third-order valence-electron chi connectivity index (χ3n) is 12.8. The molecular weight excluding hydrogens is 444 g/mol. The molecule has 0 aromatic rings. The van der Waals surface area contributed by atoms with Crippen LogP contribution in [0.25, 0.3) is 0 Å². The van der Waals surface area contributed by atoms with Gasteiger partial charge in [0.25, 0.3) is 0 Å². The first-order chi connectivity index (χ1) is 17.0. The fourth-order valence-corrected chi connectivity index (χ4v) is 10.4. The molecule has 0 heteroatoms.